The van der Waals surface area contributed by atoms with E-state index in [4.69, 9.17) is 38.7 Å². The molecule has 0 saturated carbocycles. The Balaban J connectivity index is 0.000000100. The third-order valence-electron chi connectivity index (χ3n) is 22.0. The lowest BCUT2D eigenvalue weighted by Gasteiger charge is -2.10. The lowest BCUT2D eigenvalue weighted by atomic mass is 10.0. The molecule has 522 valence electrons. The number of hydrogen-bond donors (Lipinski definition) is 0. The van der Waals surface area contributed by atoms with Crippen LogP contribution in [0.25, 0.3) is 225 Å². The van der Waals surface area contributed by atoms with Crippen LogP contribution in [0.5, 0.6) is 0 Å². The smallest absolute Gasteiger partial charge is 0.236 e. The third-order valence-corrected chi connectivity index (χ3v) is 23.1. The SMILES string of the molecule is c1ccc(-c2nc(-n3c4ccccc4c4cc5ccccc5cc43)nc3c2oc2ccccc23)cc1.c1ccc(-c2nc(-n3c4ccccc4c4cc5ccccc5cc43)nc3c2sc2ccccc23)cc1.c1ccc2cc(-c3nc(-n4c5ccccc5c5cc6ccccc6cc54)nc4c3oc3ccccc34)ccc2c1. The van der Waals surface area contributed by atoms with E-state index in [9.17, 15) is 0 Å². The molecule has 11 nitrogen and oxygen atoms in total. The Morgan fingerprint density at radius 1 is 0.214 bits per heavy atom. The molecule has 12 heteroatoms. The van der Waals surface area contributed by atoms with E-state index in [-0.39, 0.29) is 0 Å². The van der Waals surface area contributed by atoms with Gasteiger partial charge >= 0.3 is 0 Å². The van der Waals surface area contributed by atoms with Crippen LogP contribution in [0.3, 0.4) is 0 Å². The molecule has 0 atom stereocenters. The van der Waals surface area contributed by atoms with E-state index in [0.29, 0.717) is 29.0 Å². The first-order chi connectivity index (χ1) is 55.5. The van der Waals surface area contributed by atoms with Gasteiger partial charge in [0.15, 0.2) is 11.2 Å². The molecule has 0 spiro atoms. The van der Waals surface area contributed by atoms with E-state index in [0.717, 1.165) is 115 Å². The number of aromatic nitrogens is 9. The van der Waals surface area contributed by atoms with Gasteiger partial charge in [-0.25, -0.2) is 29.9 Å². The minimum absolute atomic E-state index is 0.628. The molecule has 112 heavy (non-hydrogen) atoms. The van der Waals surface area contributed by atoms with Gasteiger partial charge in [0.2, 0.25) is 17.8 Å². The van der Waals surface area contributed by atoms with Crippen molar-refractivity contribution in [3.05, 3.63) is 358 Å². The van der Waals surface area contributed by atoms with Crippen LogP contribution >= 0.6 is 11.3 Å². The molecule has 25 aromatic rings. The third kappa shape index (κ3) is 10.1. The Kier molecular flexibility index (Phi) is 14.3. The summed E-state index contributed by atoms with van der Waals surface area (Å²) in [6.45, 7) is 0. The van der Waals surface area contributed by atoms with Gasteiger partial charge in [-0.3, -0.25) is 13.7 Å². The number of thiophene rings is 1. The predicted molar refractivity (Wildman–Crippen MR) is 463 cm³/mol. The van der Waals surface area contributed by atoms with Gasteiger partial charge in [0.05, 0.1) is 49.0 Å². The van der Waals surface area contributed by atoms with Crippen molar-refractivity contribution in [1.82, 2.24) is 43.6 Å². The van der Waals surface area contributed by atoms with Crippen LogP contribution in [0.4, 0.5) is 0 Å². The van der Waals surface area contributed by atoms with E-state index in [1.54, 1.807) is 11.3 Å². The summed E-state index contributed by atoms with van der Waals surface area (Å²) in [5, 5.41) is 19.9. The minimum Gasteiger partial charge on any atom is -0.452 e. The molecule has 0 fully saturated rings. The molecular weight excluding hydrogens is 1390 g/mol. The predicted octanol–water partition coefficient (Wildman–Crippen LogP) is 26.5. The monoisotopic (exact) mass is 1450 g/mol. The highest BCUT2D eigenvalue weighted by molar-refractivity contribution is 7.26. The van der Waals surface area contributed by atoms with Crippen LogP contribution in [0.1, 0.15) is 0 Å². The van der Waals surface area contributed by atoms with Crippen molar-refractivity contribution in [3.63, 3.8) is 0 Å². The minimum atomic E-state index is 0.628. The maximum Gasteiger partial charge on any atom is 0.236 e. The second-order valence-electron chi connectivity index (χ2n) is 28.4. The zero-order chi connectivity index (χ0) is 73.5. The summed E-state index contributed by atoms with van der Waals surface area (Å²) in [7, 11) is 0. The van der Waals surface area contributed by atoms with Crippen molar-refractivity contribution >= 4 is 184 Å². The number of nitrogens with zero attached hydrogens (tertiary/aromatic N) is 9. The first-order valence-electron chi connectivity index (χ1n) is 37.5. The molecule has 0 unspecified atom stereocenters. The molecule has 0 N–H and O–H groups in total. The zero-order valence-electron chi connectivity index (χ0n) is 59.8. The van der Waals surface area contributed by atoms with Gasteiger partial charge < -0.3 is 8.83 Å². The standard InChI is InChI=1S/C36H21N3O.C32H19N3O.C32H19N3S/c1-2-10-23-19-26(18-17-22(23)9-1)33-35-34(28-14-6-8-16-32(28)40-35)38-36(37-33)39-30-15-7-5-13-27(30)29-20-24-11-3-4-12-25(24)21-31(29)39;2*1-2-10-20(11-3-1)29-31-30(24-15-7-9-17-28(24)36-31)34-32(33-29)35-26-16-8-6-14-23(26)25-18-21-12-4-5-13-22(21)19-27(25)35/h1-21H;2*1-19H. The number of fused-ring (bicyclic) bond motifs is 22. The Hall–Kier alpha value is -15.0. The molecule has 9 heterocycles. The zero-order valence-corrected chi connectivity index (χ0v) is 60.6. The van der Waals surface area contributed by atoms with E-state index in [1.165, 1.54) is 80.1 Å². The van der Waals surface area contributed by atoms with Crippen LogP contribution < -0.4 is 0 Å². The van der Waals surface area contributed by atoms with E-state index in [2.05, 4.69) is 311 Å². The van der Waals surface area contributed by atoms with Gasteiger partial charge in [0.1, 0.15) is 33.6 Å². The summed E-state index contributed by atoms with van der Waals surface area (Å²) < 4.78 is 21.7. The molecule has 25 rings (SSSR count). The number of furan rings is 2. The van der Waals surface area contributed by atoms with Gasteiger partial charge in [0, 0.05) is 69.9 Å². The summed E-state index contributed by atoms with van der Waals surface area (Å²) >= 11 is 1.76. The number of para-hydroxylation sites is 5. The molecule has 9 aromatic heterocycles. The van der Waals surface area contributed by atoms with Crippen molar-refractivity contribution < 1.29 is 8.83 Å². The van der Waals surface area contributed by atoms with Crippen LogP contribution in [0.15, 0.2) is 367 Å². The van der Waals surface area contributed by atoms with Gasteiger partial charge in [-0.2, -0.15) is 0 Å². The second kappa shape index (κ2) is 25.3. The van der Waals surface area contributed by atoms with Crippen LogP contribution in [0.2, 0.25) is 0 Å². The van der Waals surface area contributed by atoms with Gasteiger partial charge in [-0.15, -0.1) is 11.3 Å². The Morgan fingerprint density at radius 3 is 1.00 bits per heavy atom. The first-order valence-corrected chi connectivity index (χ1v) is 38.3. The number of rotatable bonds is 6. The molecule has 16 aromatic carbocycles. The fraction of sp³-hybridized carbons (Fsp3) is 0. The van der Waals surface area contributed by atoms with Crippen LogP contribution in [-0.2, 0) is 0 Å². The summed E-state index contributed by atoms with van der Waals surface area (Å²) in [4.78, 5) is 31.2. The fourth-order valence-electron chi connectivity index (χ4n) is 16.8. The molecule has 0 aliphatic heterocycles. The molecular formula is C100H59N9O2S. The molecule has 0 saturated heterocycles. The molecule has 0 bridgehead atoms. The van der Waals surface area contributed by atoms with Crippen LogP contribution in [-0.4, -0.2) is 43.6 Å². The van der Waals surface area contributed by atoms with Crippen molar-refractivity contribution in [2.45, 2.75) is 0 Å². The summed E-state index contributed by atoms with van der Waals surface area (Å²) in [6, 6.07) is 125. The van der Waals surface area contributed by atoms with Crippen molar-refractivity contribution in [3.8, 4) is 51.6 Å². The maximum atomic E-state index is 6.42. The van der Waals surface area contributed by atoms with E-state index >= 15 is 0 Å². The summed E-state index contributed by atoms with van der Waals surface area (Å²) in [5.74, 6) is 1.96. The van der Waals surface area contributed by atoms with Crippen LogP contribution in [0, 0.1) is 0 Å². The summed E-state index contributed by atoms with van der Waals surface area (Å²) in [6.07, 6.45) is 0. The molecule has 0 aliphatic rings. The lowest BCUT2D eigenvalue weighted by Crippen LogP contribution is -2.03. The van der Waals surface area contributed by atoms with Gasteiger partial charge in [-0.1, -0.05) is 267 Å². The Labute approximate surface area is 642 Å². The van der Waals surface area contributed by atoms with Crippen molar-refractivity contribution in [2.75, 3.05) is 0 Å². The van der Waals surface area contributed by atoms with Crippen molar-refractivity contribution in [2.24, 2.45) is 0 Å². The Bertz CT molecular complexity index is 7870. The van der Waals surface area contributed by atoms with E-state index < -0.39 is 0 Å². The van der Waals surface area contributed by atoms with Gasteiger partial charge in [-0.05, 0) is 134 Å². The number of hydrogen-bond acceptors (Lipinski definition) is 9. The fourth-order valence-corrected chi connectivity index (χ4v) is 17.9. The highest BCUT2D eigenvalue weighted by atomic mass is 32.1. The average molecular weight is 1450 g/mol. The second-order valence-corrected chi connectivity index (χ2v) is 29.5. The lowest BCUT2D eigenvalue weighted by molar-refractivity contribution is 0.666. The molecule has 0 aliphatic carbocycles. The highest BCUT2D eigenvalue weighted by Crippen LogP contribution is 2.44. The average Bonchev–Trinajstić information content (AvgIpc) is 1.58. The maximum absolute atomic E-state index is 6.42. The molecule has 0 radical (unpaired) electrons. The normalized spacial score (nSPS) is 11.9. The quantitative estimate of drug-likeness (QED) is 0.162. The number of benzene rings is 16. The Morgan fingerprint density at radius 2 is 0.545 bits per heavy atom. The largest absolute Gasteiger partial charge is 0.452 e. The summed E-state index contributed by atoms with van der Waals surface area (Å²) in [5.41, 5.74) is 17.9. The van der Waals surface area contributed by atoms with Gasteiger partial charge in [0.25, 0.3) is 0 Å². The highest BCUT2D eigenvalue weighted by Gasteiger charge is 2.26. The molecule has 0 amide bonds. The van der Waals surface area contributed by atoms with E-state index in [1.807, 2.05) is 60.7 Å². The van der Waals surface area contributed by atoms with Crippen molar-refractivity contribution in [1.29, 1.82) is 0 Å². The first kappa shape index (κ1) is 63.1. The topological polar surface area (TPSA) is 118 Å².